The second-order valence-corrected chi connectivity index (χ2v) is 7.31. The lowest BCUT2D eigenvalue weighted by Crippen LogP contribution is -1.84. The topological polar surface area (TPSA) is 41.6 Å². The Labute approximate surface area is 162 Å². The third-order valence-electron chi connectivity index (χ3n) is 3.90. The molecule has 3 nitrogen and oxygen atoms in total. The van der Waals surface area contributed by atoms with Crippen LogP contribution in [0.4, 0.5) is 0 Å². The summed E-state index contributed by atoms with van der Waals surface area (Å²) in [4.78, 5) is 12.5. The maximum atomic E-state index is 4.89. The van der Waals surface area contributed by atoms with Gasteiger partial charge in [-0.15, -0.1) is 0 Å². The minimum Gasteiger partial charge on any atom is -0.337 e. The quantitative estimate of drug-likeness (QED) is 0.392. The Kier molecular flexibility index (Phi) is 4.51. The summed E-state index contributed by atoms with van der Waals surface area (Å²) in [6.07, 6.45) is 3.57. The highest BCUT2D eigenvalue weighted by Crippen LogP contribution is 2.35. The Balaban J connectivity index is 1.94. The second kappa shape index (κ2) is 6.94. The van der Waals surface area contributed by atoms with Crippen LogP contribution in [0, 0.1) is 0 Å². The summed E-state index contributed by atoms with van der Waals surface area (Å²) in [6, 6.07) is 20.2. The lowest BCUT2D eigenvalue weighted by molar-refractivity contribution is 1.29. The first-order chi connectivity index (χ1) is 12.2. The van der Waals surface area contributed by atoms with Gasteiger partial charge in [0.2, 0.25) is 0 Å². The van der Waals surface area contributed by atoms with Gasteiger partial charge in [-0.25, -0.2) is 4.98 Å². The highest BCUT2D eigenvalue weighted by atomic mass is 79.9. The highest BCUT2D eigenvalue weighted by Gasteiger charge is 2.16. The van der Waals surface area contributed by atoms with Crippen LogP contribution in [0.25, 0.3) is 33.9 Å². The van der Waals surface area contributed by atoms with Crippen LogP contribution >= 0.6 is 31.9 Å². The van der Waals surface area contributed by atoms with E-state index in [-0.39, 0.29) is 0 Å². The first kappa shape index (κ1) is 16.2. The molecule has 0 bridgehead atoms. The molecule has 4 aromatic rings. The third-order valence-corrected chi connectivity index (χ3v) is 5.08. The normalized spacial score (nSPS) is 10.8. The fourth-order valence-electron chi connectivity index (χ4n) is 2.73. The number of nitrogens with one attached hydrogen (secondary N) is 1. The second-order valence-electron chi connectivity index (χ2n) is 5.54. The maximum absolute atomic E-state index is 4.89. The molecule has 5 heteroatoms. The van der Waals surface area contributed by atoms with Gasteiger partial charge in [0.15, 0.2) is 0 Å². The predicted octanol–water partition coefficient (Wildman–Crippen LogP) is 6.33. The van der Waals surface area contributed by atoms with Crippen LogP contribution in [-0.2, 0) is 0 Å². The van der Waals surface area contributed by atoms with E-state index >= 15 is 0 Å². The fraction of sp³-hybridized carbons (Fsp3) is 0. The summed E-state index contributed by atoms with van der Waals surface area (Å²) < 4.78 is 2.04. The molecule has 0 fully saturated rings. The standard InChI is InChI=1S/C20H13Br2N3/c21-15-5-3-4-14(12-15)19-18(13-8-10-23-11-9-13)24-20(25-19)16-6-1-2-7-17(16)22/h1-12H,(H,24,25). The number of imidazole rings is 1. The van der Waals surface area contributed by atoms with Gasteiger partial charge in [-0.2, -0.15) is 0 Å². The number of halogens is 2. The smallest absolute Gasteiger partial charge is 0.139 e. The van der Waals surface area contributed by atoms with Crippen molar-refractivity contribution in [3.63, 3.8) is 0 Å². The number of hydrogen-bond donors (Lipinski definition) is 1. The monoisotopic (exact) mass is 453 g/mol. The summed E-state index contributed by atoms with van der Waals surface area (Å²) >= 11 is 7.17. The van der Waals surface area contributed by atoms with Gasteiger partial charge >= 0.3 is 0 Å². The number of aromatic nitrogens is 3. The van der Waals surface area contributed by atoms with Crippen molar-refractivity contribution in [3.8, 4) is 33.9 Å². The summed E-state index contributed by atoms with van der Waals surface area (Å²) in [7, 11) is 0. The molecule has 0 saturated heterocycles. The number of nitrogens with zero attached hydrogens (tertiary/aromatic N) is 2. The fourth-order valence-corrected chi connectivity index (χ4v) is 3.60. The van der Waals surface area contributed by atoms with Crippen LogP contribution in [0.5, 0.6) is 0 Å². The van der Waals surface area contributed by atoms with Gasteiger partial charge in [0.05, 0.1) is 11.4 Å². The number of hydrogen-bond acceptors (Lipinski definition) is 2. The Morgan fingerprint density at radius 2 is 1.60 bits per heavy atom. The summed E-state index contributed by atoms with van der Waals surface area (Å²) in [5.41, 5.74) is 5.02. The van der Waals surface area contributed by atoms with E-state index in [0.717, 1.165) is 42.8 Å². The Morgan fingerprint density at radius 3 is 2.36 bits per heavy atom. The zero-order valence-corrected chi connectivity index (χ0v) is 16.3. The predicted molar refractivity (Wildman–Crippen MR) is 108 cm³/mol. The third kappa shape index (κ3) is 3.30. The molecule has 0 spiro atoms. The van der Waals surface area contributed by atoms with Crippen LogP contribution in [0.1, 0.15) is 0 Å². The molecule has 0 radical (unpaired) electrons. The molecule has 2 aromatic carbocycles. The van der Waals surface area contributed by atoms with E-state index < -0.39 is 0 Å². The SMILES string of the molecule is Brc1cccc(-c2[nH]c(-c3ccccc3Br)nc2-c2ccncc2)c1. The van der Waals surface area contributed by atoms with E-state index in [2.05, 4.69) is 54.0 Å². The van der Waals surface area contributed by atoms with E-state index in [9.17, 15) is 0 Å². The molecule has 0 unspecified atom stereocenters. The van der Waals surface area contributed by atoms with Crippen molar-refractivity contribution in [1.82, 2.24) is 15.0 Å². The summed E-state index contributed by atoms with van der Waals surface area (Å²) in [5, 5.41) is 0. The van der Waals surface area contributed by atoms with Crippen molar-refractivity contribution >= 4 is 31.9 Å². The van der Waals surface area contributed by atoms with E-state index in [0.29, 0.717) is 0 Å². The van der Waals surface area contributed by atoms with Crippen LogP contribution in [0.2, 0.25) is 0 Å². The number of aromatic amines is 1. The first-order valence-electron chi connectivity index (χ1n) is 7.73. The number of benzene rings is 2. The minimum atomic E-state index is 0.828. The van der Waals surface area contributed by atoms with Gasteiger partial charge in [-0.1, -0.05) is 62.2 Å². The molecule has 0 aliphatic carbocycles. The number of H-pyrrole nitrogens is 1. The average Bonchev–Trinajstić information content (AvgIpc) is 3.08. The van der Waals surface area contributed by atoms with Gasteiger partial charge in [0.1, 0.15) is 5.82 Å². The molecule has 0 aliphatic rings. The van der Waals surface area contributed by atoms with Crippen molar-refractivity contribution in [2.45, 2.75) is 0 Å². The van der Waals surface area contributed by atoms with Gasteiger partial charge in [-0.3, -0.25) is 4.98 Å². The lowest BCUT2D eigenvalue weighted by Gasteiger charge is -2.03. The zero-order valence-electron chi connectivity index (χ0n) is 13.1. The Bertz CT molecular complexity index is 1030. The van der Waals surface area contributed by atoms with Gasteiger partial charge < -0.3 is 4.98 Å². The molecule has 1 N–H and O–H groups in total. The largest absolute Gasteiger partial charge is 0.337 e. The summed E-state index contributed by atoms with van der Waals surface area (Å²) in [6.45, 7) is 0. The van der Waals surface area contributed by atoms with E-state index in [4.69, 9.17) is 4.98 Å². The van der Waals surface area contributed by atoms with Crippen molar-refractivity contribution in [2.75, 3.05) is 0 Å². The van der Waals surface area contributed by atoms with Crippen LogP contribution < -0.4 is 0 Å². The molecule has 0 atom stereocenters. The Morgan fingerprint density at radius 1 is 0.800 bits per heavy atom. The molecule has 2 aromatic heterocycles. The molecular formula is C20H13Br2N3. The van der Waals surface area contributed by atoms with Gasteiger partial charge in [0, 0.05) is 38.0 Å². The van der Waals surface area contributed by atoms with E-state index in [1.165, 1.54) is 0 Å². The maximum Gasteiger partial charge on any atom is 0.139 e. The number of rotatable bonds is 3. The van der Waals surface area contributed by atoms with Gasteiger partial charge in [-0.05, 0) is 30.3 Å². The summed E-state index contributed by atoms with van der Waals surface area (Å²) in [5.74, 6) is 0.828. The van der Waals surface area contributed by atoms with Crippen molar-refractivity contribution in [3.05, 3.63) is 82.0 Å². The van der Waals surface area contributed by atoms with E-state index in [1.807, 2.05) is 48.5 Å². The molecule has 0 aliphatic heterocycles. The molecule has 0 saturated carbocycles. The van der Waals surface area contributed by atoms with E-state index in [1.54, 1.807) is 12.4 Å². The van der Waals surface area contributed by atoms with Crippen LogP contribution in [0.15, 0.2) is 82.0 Å². The molecule has 122 valence electrons. The molecule has 2 heterocycles. The average molecular weight is 455 g/mol. The molecule has 4 rings (SSSR count). The molecule has 0 amide bonds. The Hall–Kier alpha value is -2.24. The van der Waals surface area contributed by atoms with Crippen molar-refractivity contribution in [1.29, 1.82) is 0 Å². The number of pyridine rings is 1. The van der Waals surface area contributed by atoms with Crippen LogP contribution in [-0.4, -0.2) is 15.0 Å². The molecule has 25 heavy (non-hydrogen) atoms. The van der Waals surface area contributed by atoms with Crippen LogP contribution in [0.3, 0.4) is 0 Å². The minimum absolute atomic E-state index is 0.828. The lowest BCUT2D eigenvalue weighted by atomic mass is 10.1. The molecular weight excluding hydrogens is 442 g/mol. The zero-order chi connectivity index (χ0) is 17.2. The van der Waals surface area contributed by atoms with Crippen molar-refractivity contribution in [2.24, 2.45) is 0 Å². The first-order valence-corrected chi connectivity index (χ1v) is 9.32. The highest BCUT2D eigenvalue weighted by molar-refractivity contribution is 9.10. The van der Waals surface area contributed by atoms with Crippen molar-refractivity contribution < 1.29 is 0 Å². The van der Waals surface area contributed by atoms with Gasteiger partial charge in [0.25, 0.3) is 0 Å².